The number of anilines is 1. The molecule has 1 aliphatic rings. The van der Waals surface area contributed by atoms with Gasteiger partial charge in [0, 0.05) is 18.7 Å². The second kappa shape index (κ2) is 7.65. The van der Waals surface area contributed by atoms with E-state index >= 15 is 0 Å². The third-order valence-electron chi connectivity index (χ3n) is 3.86. The summed E-state index contributed by atoms with van der Waals surface area (Å²) in [5.41, 5.74) is 0.595. The van der Waals surface area contributed by atoms with Crippen LogP contribution in [0.3, 0.4) is 0 Å². The van der Waals surface area contributed by atoms with Crippen LogP contribution in [0.1, 0.15) is 18.4 Å². The molecule has 6 nitrogen and oxygen atoms in total. The smallest absolute Gasteiger partial charge is 0.262 e. The minimum atomic E-state index is -3.76. The predicted octanol–water partition coefficient (Wildman–Crippen LogP) is 2.48. The fraction of sp³-hybridized carbons (Fsp3) is 0.222. The Hall–Kier alpha value is -2.74. The molecule has 0 saturated carbocycles. The van der Waals surface area contributed by atoms with Gasteiger partial charge in [-0.05, 0) is 36.2 Å². The SMILES string of the molecule is O=C(Cc1ccccc1F)Nc1cccc(S(=O)(=O)NC2=NCCC2)c1. The van der Waals surface area contributed by atoms with Crippen LogP contribution in [0.2, 0.25) is 0 Å². The predicted molar refractivity (Wildman–Crippen MR) is 97.0 cm³/mol. The summed E-state index contributed by atoms with van der Waals surface area (Å²) >= 11 is 0. The highest BCUT2D eigenvalue weighted by molar-refractivity contribution is 7.90. The Morgan fingerprint density at radius 2 is 1.96 bits per heavy atom. The lowest BCUT2D eigenvalue weighted by atomic mass is 10.1. The zero-order chi connectivity index (χ0) is 18.6. The standard InChI is InChI=1S/C18H18FN3O3S/c19-16-8-2-1-5-13(16)11-18(23)21-14-6-3-7-15(12-14)26(24,25)22-17-9-4-10-20-17/h1-3,5-8,12H,4,9-11H2,(H,20,22)(H,21,23). The lowest BCUT2D eigenvalue weighted by Gasteiger charge is -2.10. The van der Waals surface area contributed by atoms with Crippen LogP contribution >= 0.6 is 0 Å². The number of amides is 1. The van der Waals surface area contributed by atoms with Crippen molar-refractivity contribution in [3.63, 3.8) is 0 Å². The van der Waals surface area contributed by atoms with Crippen LogP contribution in [0.25, 0.3) is 0 Å². The van der Waals surface area contributed by atoms with Crippen LogP contribution in [0.15, 0.2) is 58.4 Å². The molecule has 2 aromatic rings. The van der Waals surface area contributed by atoms with E-state index in [9.17, 15) is 17.6 Å². The number of hydrogen-bond donors (Lipinski definition) is 2. The van der Waals surface area contributed by atoms with E-state index in [-0.39, 0.29) is 16.9 Å². The Morgan fingerprint density at radius 1 is 1.15 bits per heavy atom. The van der Waals surface area contributed by atoms with Crippen molar-refractivity contribution in [1.29, 1.82) is 0 Å². The van der Waals surface area contributed by atoms with Gasteiger partial charge >= 0.3 is 0 Å². The average molecular weight is 375 g/mol. The number of nitrogens with one attached hydrogen (secondary N) is 2. The Morgan fingerprint density at radius 3 is 2.69 bits per heavy atom. The van der Waals surface area contributed by atoms with E-state index in [0.29, 0.717) is 24.5 Å². The second-order valence-corrected chi connectivity index (χ2v) is 7.56. The molecule has 8 heteroatoms. The van der Waals surface area contributed by atoms with E-state index in [4.69, 9.17) is 0 Å². The molecule has 0 bridgehead atoms. The molecule has 0 aromatic heterocycles. The number of carbonyl (C=O) groups excluding carboxylic acids is 1. The van der Waals surface area contributed by atoms with Crippen LogP contribution in [0, 0.1) is 5.82 Å². The van der Waals surface area contributed by atoms with Gasteiger partial charge in [0.1, 0.15) is 11.7 Å². The van der Waals surface area contributed by atoms with Crippen molar-refractivity contribution < 1.29 is 17.6 Å². The summed E-state index contributed by atoms with van der Waals surface area (Å²) in [4.78, 5) is 16.2. The quantitative estimate of drug-likeness (QED) is 0.842. The van der Waals surface area contributed by atoms with Crippen LogP contribution < -0.4 is 10.0 Å². The van der Waals surface area contributed by atoms with Gasteiger partial charge in [-0.1, -0.05) is 24.3 Å². The molecule has 0 saturated heterocycles. The van der Waals surface area contributed by atoms with Gasteiger partial charge < -0.3 is 5.32 Å². The maximum Gasteiger partial charge on any atom is 0.262 e. The summed E-state index contributed by atoms with van der Waals surface area (Å²) < 4.78 is 40.9. The summed E-state index contributed by atoms with van der Waals surface area (Å²) in [6.45, 7) is 0.615. The minimum absolute atomic E-state index is 0.0239. The number of sulfonamides is 1. The van der Waals surface area contributed by atoms with Crippen molar-refractivity contribution in [2.24, 2.45) is 4.99 Å². The Bertz CT molecular complexity index is 958. The lowest BCUT2D eigenvalue weighted by molar-refractivity contribution is -0.115. The van der Waals surface area contributed by atoms with Crippen LogP contribution in [0.5, 0.6) is 0 Å². The van der Waals surface area contributed by atoms with Crippen molar-refractivity contribution in [1.82, 2.24) is 4.72 Å². The van der Waals surface area contributed by atoms with Crippen molar-refractivity contribution in [2.45, 2.75) is 24.2 Å². The third kappa shape index (κ3) is 4.45. The molecule has 2 N–H and O–H groups in total. The van der Waals surface area contributed by atoms with E-state index in [0.717, 1.165) is 6.42 Å². The molecular formula is C18H18FN3O3S. The van der Waals surface area contributed by atoms with Crippen LogP contribution in [0.4, 0.5) is 10.1 Å². The normalized spacial score (nSPS) is 14.0. The van der Waals surface area contributed by atoms with Gasteiger partial charge in [0.2, 0.25) is 5.91 Å². The van der Waals surface area contributed by atoms with Crippen molar-refractivity contribution in [2.75, 3.05) is 11.9 Å². The number of hydrogen-bond acceptors (Lipinski definition) is 4. The first-order valence-electron chi connectivity index (χ1n) is 8.13. The van der Waals surface area contributed by atoms with Gasteiger partial charge in [0.15, 0.2) is 0 Å². The van der Waals surface area contributed by atoms with Gasteiger partial charge in [0.25, 0.3) is 10.0 Å². The van der Waals surface area contributed by atoms with E-state index in [2.05, 4.69) is 15.0 Å². The number of aliphatic imine (C=N–C) groups is 1. The van der Waals surface area contributed by atoms with Gasteiger partial charge in [-0.2, -0.15) is 0 Å². The Labute approximate surface area is 151 Å². The Kier molecular flexibility index (Phi) is 5.32. The zero-order valence-corrected chi connectivity index (χ0v) is 14.7. The van der Waals surface area contributed by atoms with E-state index in [1.165, 1.54) is 30.3 Å². The molecule has 3 rings (SSSR count). The molecule has 2 aromatic carbocycles. The largest absolute Gasteiger partial charge is 0.326 e. The molecular weight excluding hydrogens is 357 g/mol. The van der Waals surface area contributed by atoms with Gasteiger partial charge in [-0.25, -0.2) is 12.8 Å². The summed E-state index contributed by atoms with van der Waals surface area (Å²) in [5, 5.41) is 2.60. The summed E-state index contributed by atoms with van der Waals surface area (Å²) in [6.07, 6.45) is 1.28. The molecule has 0 atom stereocenters. The van der Waals surface area contributed by atoms with Crippen molar-refractivity contribution in [3.05, 3.63) is 59.9 Å². The number of amidine groups is 1. The first kappa shape index (κ1) is 18.1. The maximum atomic E-state index is 13.6. The fourth-order valence-electron chi connectivity index (χ4n) is 2.60. The molecule has 0 aliphatic carbocycles. The van der Waals surface area contributed by atoms with Gasteiger partial charge in [-0.15, -0.1) is 0 Å². The summed E-state index contributed by atoms with van der Waals surface area (Å²) in [5.74, 6) is -0.447. The number of benzene rings is 2. The Balaban J connectivity index is 1.71. The molecule has 0 radical (unpaired) electrons. The highest BCUT2D eigenvalue weighted by atomic mass is 32.2. The molecule has 136 valence electrons. The topological polar surface area (TPSA) is 87.6 Å². The molecule has 0 spiro atoms. The van der Waals surface area contributed by atoms with Gasteiger partial charge in [-0.3, -0.25) is 14.5 Å². The van der Waals surface area contributed by atoms with E-state index < -0.39 is 21.7 Å². The molecule has 1 heterocycles. The first-order chi connectivity index (χ1) is 12.4. The molecule has 26 heavy (non-hydrogen) atoms. The number of carbonyl (C=O) groups is 1. The minimum Gasteiger partial charge on any atom is -0.326 e. The number of nitrogens with zero attached hydrogens (tertiary/aromatic N) is 1. The van der Waals surface area contributed by atoms with E-state index in [1.54, 1.807) is 18.2 Å². The summed E-state index contributed by atoms with van der Waals surface area (Å²) in [7, 11) is -3.76. The van der Waals surface area contributed by atoms with Crippen molar-refractivity contribution in [3.8, 4) is 0 Å². The van der Waals surface area contributed by atoms with Gasteiger partial charge in [0.05, 0.1) is 11.3 Å². The highest BCUT2D eigenvalue weighted by Crippen LogP contribution is 2.17. The molecule has 0 unspecified atom stereocenters. The number of rotatable bonds is 5. The van der Waals surface area contributed by atoms with Crippen LogP contribution in [-0.4, -0.2) is 26.7 Å². The van der Waals surface area contributed by atoms with Crippen molar-refractivity contribution >= 4 is 27.5 Å². The third-order valence-corrected chi connectivity index (χ3v) is 5.24. The molecule has 0 fully saturated rings. The molecule has 1 amide bonds. The summed E-state index contributed by atoms with van der Waals surface area (Å²) in [6, 6.07) is 11.9. The monoisotopic (exact) mass is 375 g/mol. The first-order valence-corrected chi connectivity index (χ1v) is 9.62. The van der Waals surface area contributed by atoms with Crippen LogP contribution in [-0.2, 0) is 21.2 Å². The highest BCUT2D eigenvalue weighted by Gasteiger charge is 2.19. The second-order valence-electron chi connectivity index (χ2n) is 5.88. The lowest BCUT2D eigenvalue weighted by Crippen LogP contribution is -2.29. The fourth-order valence-corrected chi connectivity index (χ4v) is 3.73. The average Bonchev–Trinajstić information content (AvgIpc) is 3.09. The van der Waals surface area contributed by atoms with E-state index in [1.807, 2.05) is 0 Å². The molecule has 1 aliphatic heterocycles. The zero-order valence-electron chi connectivity index (χ0n) is 13.9. The number of halogens is 1. The maximum absolute atomic E-state index is 13.6.